The number of piperidine rings is 1. The van der Waals surface area contributed by atoms with E-state index in [1.807, 2.05) is 6.07 Å². The van der Waals surface area contributed by atoms with Crippen LogP contribution in [0, 0.1) is 11.8 Å². The molecule has 27 heavy (non-hydrogen) atoms. The summed E-state index contributed by atoms with van der Waals surface area (Å²) in [6, 6.07) is 6.79. The van der Waals surface area contributed by atoms with E-state index >= 15 is 0 Å². The van der Waals surface area contributed by atoms with Crippen LogP contribution in [0.2, 0.25) is 0 Å². The first-order valence-corrected chi connectivity index (χ1v) is 10.6. The molecule has 1 saturated carbocycles. The Bertz CT molecular complexity index is 651. The molecule has 0 radical (unpaired) electrons. The van der Waals surface area contributed by atoms with Crippen molar-refractivity contribution >= 4 is 5.91 Å². The van der Waals surface area contributed by atoms with Crippen LogP contribution in [0.25, 0.3) is 0 Å². The van der Waals surface area contributed by atoms with Crippen molar-refractivity contribution in [2.24, 2.45) is 11.8 Å². The van der Waals surface area contributed by atoms with Crippen LogP contribution in [0.5, 0.6) is 11.5 Å². The van der Waals surface area contributed by atoms with Crippen molar-refractivity contribution in [3.63, 3.8) is 0 Å². The van der Waals surface area contributed by atoms with Crippen LogP contribution in [0.1, 0.15) is 51.0 Å². The molecule has 1 amide bonds. The van der Waals surface area contributed by atoms with Crippen LogP contribution in [0.15, 0.2) is 18.2 Å². The van der Waals surface area contributed by atoms with Crippen molar-refractivity contribution in [1.82, 2.24) is 10.2 Å². The Balaban J connectivity index is 1.15. The molecule has 2 fully saturated rings. The normalized spacial score (nSPS) is 21.2. The van der Waals surface area contributed by atoms with E-state index in [1.54, 1.807) is 0 Å². The summed E-state index contributed by atoms with van der Waals surface area (Å²) in [7, 11) is 0. The number of likely N-dealkylation sites (tertiary alicyclic amines) is 1. The Kier molecular flexibility index (Phi) is 5.86. The molecule has 148 valence electrons. The first kappa shape index (κ1) is 18.6. The number of carbonyl (C=O) groups excluding carboxylic acids is 1. The van der Waals surface area contributed by atoms with Crippen molar-refractivity contribution in [3.05, 3.63) is 23.8 Å². The molecule has 3 aliphatic rings. The van der Waals surface area contributed by atoms with E-state index < -0.39 is 0 Å². The highest BCUT2D eigenvalue weighted by atomic mass is 16.7. The maximum Gasteiger partial charge on any atom is 0.231 e. The maximum atomic E-state index is 11.9. The molecular formula is C22H32N2O3. The zero-order chi connectivity index (χ0) is 18.6. The number of carbonyl (C=O) groups is 1. The largest absolute Gasteiger partial charge is 0.454 e. The molecule has 0 bridgehead atoms. The lowest BCUT2D eigenvalue weighted by atomic mass is 9.91. The Morgan fingerprint density at radius 3 is 2.74 bits per heavy atom. The van der Waals surface area contributed by atoms with Crippen molar-refractivity contribution in [3.8, 4) is 11.5 Å². The van der Waals surface area contributed by atoms with Crippen LogP contribution >= 0.6 is 0 Å². The minimum atomic E-state index is 0.261. The second-order valence-corrected chi connectivity index (χ2v) is 8.62. The van der Waals surface area contributed by atoms with Gasteiger partial charge in [0.25, 0.3) is 0 Å². The van der Waals surface area contributed by atoms with Crippen LogP contribution in [-0.2, 0) is 11.2 Å². The molecule has 5 heteroatoms. The number of fused-ring (bicyclic) bond motifs is 1. The summed E-state index contributed by atoms with van der Waals surface area (Å²) in [5, 5.41) is 3.10. The molecule has 5 nitrogen and oxygen atoms in total. The van der Waals surface area contributed by atoms with E-state index in [0.29, 0.717) is 25.2 Å². The van der Waals surface area contributed by atoms with Gasteiger partial charge in [0.05, 0.1) is 0 Å². The number of benzene rings is 1. The van der Waals surface area contributed by atoms with Gasteiger partial charge in [0.2, 0.25) is 12.7 Å². The molecule has 0 aromatic heterocycles. The quantitative estimate of drug-likeness (QED) is 0.760. The van der Waals surface area contributed by atoms with Gasteiger partial charge in [-0.1, -0.05) is 13.0 Å². The molecule has 1 aromatic rings. The number of nitrogens with zero attached hydrogens (tertiary/aromatic N) is 1. The molecule has 1 N–H and O–H groups in total. The number of hydrogen-bond donors (Lipinski definition) is 1. The Morgan fingerprint density at radius 1 is 1.19 bits per heavy atom. The average Bonchev–Trinajstić information content (AvgIpc) is 3.34. The zero-order valence-electron chi connectivity index (χ0n) is 16.4. The van der Waals surface area contributed by atoms with Gasteiger partial charge < -0.3 is 19.7 Å². The van der Waals surface area contributed by atoms with Gasteiger partial charge in [0.15, 0.2) is 11.5 Å². The summed E-state index contributed by atoms with van der Waals surface area (Å²) >= 11 is 0. The summed E-state index contributed by atoms with van der Waals surface area (Å²) in [4.78, 5) is 14.4. The number of nitrogens with one attached hydrogen (secondary N) is 1. The van der Waals surface area contributed by atoms with Gasteiger partial charge in [0.1, 0.15) is 0 Å². The highest BCUT2D eigenvalue weighted by molar-refractivity contribution is 5.76. The lowest BCUT2D eigenvalue weighted by Gasteiger charge is -2.33. The van der Waals surface area contributed by atoms with Gasteiger partial charge in [-0.05, 0) is 81.1 Å². The predicted molar refractivity (Wildman–Crippen MR) is 105 cm³/mol. The first-order valence-electron chi connectivity index (χ1n) is 10.6. The van der Waals surface area contributed by atoms with Gasteiger partial charge >= 0.3 is 0 Å². The van der Waals surface area contributed by atoms with E-state index in [1.165, 1.54) is 44.3 Å². The van der Waals surface area contributed by atoms with Gasteiger partial charge in [-0.25, -0.2) is 0 Å². The standard InChI is InChI=1S/C22H32N2O3/c1-16(12-18-2-6-20-21(13-18)27-15-26-20)14-24-10-8-17(9-11-24)3-7-22(25)23-19-4-5-19/h2,6,13,16-17,19H,3-5,7-12,14-15H2,1H3,(H,23,25). The average molecular weight is 373 g/mol. The first-order chi connectivity index (χ1) is 13.2. The second-order valence-electron chi connectivity index (χ2n) is 8.62. The molecule has 0 spiro atoms. The maximum absolute atomic E-state index is 11.9. The molecule has 2 heterocycles. The smallest absolute Gasteiger partial charge is 0.231 e. The monoisotopic (exact) mass is 372 g/mol. The second kappa shape index (κ2) is 8.51. The van der Waals surface area contributed by atoms with Crippen molar-refractivity contribution in [2.45, 2.75) is 57.9 Å². The van der Waals surface area contributed by atoms with Crippen molar-refractivity contribution < 1.29 is 14.3 Å². The number of ether oxygens (including phenoxy) is 2. The molecule has 1 saturated heterocycles. The van der Waals surface area contributed by atoms with E-state index in [9.17, 15) is 4.79 Å². The molecular weight excluding hydrogens is 340 g/mol. The Morgan fingerprint density at radius 2 is 1.96 bits per heavy atom. The molecule has 1 aliphatic carbocycles. The minimum Gasteiger partial charge on any atom is -0.454 e. The summed E-state index contributed by atoms with van der Waals surface area (Å²) in [5.41, 5.74) is 1.32. The lowest BCUT2D eigenvalue weighted by Crippen LogP contribution is -2.37. The molecule has 4 rings (SSSR count). The predicted octanol–water partition coefficient (Wildman–Crippen LogP) is 3.36. The van der Waals surface area contributed by atoms with Crippen LogP contribution in [0.3, 0.4) is 0 Å². The van der Waals surface area contributed by atoms with Crippen molar-refractivity contribution in [2.75, 3.05) is 26.4 Å². The van der Waals surface area contributed by atoms with Gasteiger partial charge in [-0.3, -0.25) is 4.79 Å². The topological polar surface area (TPSA) is 50.8 Å². The Labute approximate surface area is 162 Å². The van der Waals surface area contributed by atoms with Crippen LogP contribution in [0.4, 0.5) is 0 Å². The van der Waals surface area contributed by atoms with E-state index in [-0.39, 0.29) is 5.91 Å². The van der Waals surface area contributed by atoms with E-state index in [4.69, 9.17) is 9.47 Å². The number of hydrogen-bond acceptors (Lipinski definition) is 4. The fourth-order valence-corrected chi connectivity index (χ4v) is 4.30. The van der Waals surface area contributed by atoms with E-state index in [2.05, 4.69) is 29.3 Å². The van der Waals surface area contributed by atoms with Gasteiger partial charge in [-0.15, -0.1) is 0 Å². The highest BCUT2D eigenvalue weighted by Gasteiger charge is 2.25. The molecule has 2 aliphatic heterocycles. The zero-order valence-corrected chi connectivity index (χ0v) is 16.4. The third-order valence-electron chi connectivity index (χ3n) is 6.02. The fourth-order valence-electron chi connectivity index (χ4n) is 4.30. The molecule has 1 aromatic carbocycles. The third kappa shape index (κ3) is 5.38. The summed E-state index contributed by atoms with van der Waals surface area (Å²) in [6.45, 7) is 6.15. The molecule has 1 atom stereocenters. The lowest BCUT2D eigenvalue weighted by molar-refractivity contribution is -0.121. The molecule has 1 unspecified atom stereocenters. The fraction of sp³-hybridized carbons (Fsp3) is 0.682. The SMILES string of the molecule is CC(Cc1ccc2c(c1)OCO2)CN1CCC(CCC(=O)NC2CC2)CC1. The Hall–Kier alpha value is -1.75. The van der Waals surface area contributed by atoms with Crippen LogP contribution in [-0.4, -0.2) is 43.3 Å². The van der Waals surface area contributed by atoms with Crippen LogP contribution < -0.4 is 14.8 Å². The van der Waals surface area contributed by atoms with Crippen molar-refractivity contribution in [1.29, 1.82) is 0 Å². The van der Waals surface area contributed by atoms with E-state index in [0.717, 1.165) is 36.8 Å². The summed E-state index contributed by atoms with van der Waals surface area (Å²) in [6.07, 6.45) is 7.64. The highest BCUT2D eigenvalue weighted by Crippen LogP contribution is 2.33. The summed E-state index contributed by atoms with van der Waals surface area (Å²) in [5.74, 6) is 3.34. The number of rotatable bonds is 8. The summed E-state index contributed by atoms with van der Waals surface area (Å²) < 4.78 is 10.9. The van der Waals surface area contributed by atoms with Gasteiger partial charge in [0, 0.05) is 19.0 Å². The minimum absolute atomic E-state index is 0.261. The third-order valence-corrected chi connectivity index (χ3v) is 6.02. The number of amides is 1. The van der Waals surface area contributed by atoms with Gasteiger partial charge in [-0.2, -0.15) is 0 Å².